The molecule has 0 saturated carbocycles. The van der Waals surface area contributed by atoms with E-state index in [-0.39, 0.29) is 28.6 Å². The minimum absolute atomic E-state index is 0.0524. The Balaban J connectivity index is 1.65. The van der Waals surface area contributed by atoms with E-state index in [1.807, 2.05) is 48.5 Å². The maximum Gasteiger partial charge on any atom is 0.235 e. The Kier molecular flexibility index (Phi) is 5.99. The van der Waals surface area contributed by atoms with Crippen molar-refractivity contribution in [2.45, 2.75) is 32.2 Å². The number of ketones is 1. The molecule has 2 N–H and O–H groups in total. The lowest BCUT2D eigenvalue weighted by Gasteiger charge is -2.12. The van der Waals surface area contributed by atoms with E-state index in [0.717, 1.165) is 59.6 Å². The second-order valence-electron chi connectivity index (χ2n) is 8.54. The molecule has 1 aliphatic rings. The molecule has 6 nitrogen and oxygen atoms in total. The number of aromatic hydroxyl groups is 2. The van der Waals surface area contributed by atoms with E-state index in [4.69, 9.17) is 10.00 Å². The Morgan fingerprint density at radius 3 is 2.54 bits per heavy atom. The maximum absolute atomic E-state index is 13.1. The summed E-state index contributed by atoms with van der Waals surface area (Å²) in [5.74, 6) is -0.675. The van der Waals surface area contributed by atoms with Crippen LogP contribution >= 0.6 is 0 Å². The highest BCUT2D eigenvalue weighted by Crippen LogP contribution is 2.42. The van der Waals surface area contributed by atoms with Crippen LogP contribution in [0.15, 0.2) is 72.5 Å². The quantitative estimate of drug-likeness (QED) is 0.243. The summed E-state index contributed by atoms with van der Waals surface area (Å²) < 4.78 is 8.07. The molecule has 0 atom stereocenters. The zero-order chi connectivity index (χ0) is 24.4. The normalized spacial score (nSPS) is 13.7. The van der Waals surface area contributed by atoms with Gasteiger partial charge in [0.1, 0.15) is 22.8 Å². The number of allylic oxidation sites excluding steroid dienone is 1. The summed E-state index contributed by atoms with van der Waals surface area (Å²) >= 11 is 0. The second-order valence-corrected chi connectivity index (χ2v) is 8.54. The Hall–Kier alpha value is -4.50. The standard InChI is InChI=1S/C29H24N2O4/c30-14-8-1-2-9-15-31-23-13-7-6-12-21(23)22(28(31)19-10-4-3-5-11-19)18-26-29(34)27-24(33)16-20(32)17-25(27)35-26/h3-7,10-13,16-18,32-33H,1-2,8-9,15H2. The lowest BCUT2D eigenvalue weighted by molar-refractivity contribution is 0.101. The van der Waals surface area contributed by atoms with Crippen LogP contribution in [-0.4, -0.2) is 20.6 Å². The fourth-order valence-corrected chi connectivity index (χ4v) is 4.68. The van der Waals surface area contributed by atoms with Crippen LogP contribution in [0.2, 0.25) is 0 Å². The summed E-state index contributed by atoms with van der Waals surface area (Å²) in [7, 11) is 0. The number of hydrogen-bond acceptors (Lipinski definition) is 5. The number of phenols is 2. The van der Waals surface area contributed by atoms with Gasteiger partial charge in [0.15, 0.2) is 5.76 Å². The number of carbonyl (C=O) groups excluding carboxylic acids is 1. The highest BCUT2D eigenvalue weighted by molar-refractivity contribution is 6.17. The molecule has 6 heteroatoms. The predicted molar refractivity (Wildman–Crippen MR) is 134 cm³/mol. The van der Waals surface area contributed by atoms with E-state index in [9.17, 15) is 15.0 Å². The minimum Gasteiger partial charge on any atom is -0.508 e. The van der Waals surface area contributed by atoms with Crippen molar-refractivity contribution in [1.82, 2.24) is 4.57 Å². The number of fused-ring (bicyclic) bond motifs is 2. The summed E-state index contributed by atoms with van der Waals surface area (Å²) in [6.45, 7) is 0.767. The lowest BCUT2D eigenvalue weighted by Crippen LogP contribution is -2.02. The monoisotopic (exact) mass is 464 g/mol. The molecule has 3 aromatic carbocycles. The molecule has 0 amide bonds. The van der Waals surface area contributed by atoms with Crippen LogP contribution in [0, 0.1) is 11.3 Å². The number of rotatable bonds is 7. The molecule has 0 aliphatic carbocycles. The summed E-state index contributed by atoms with van der Waals surface area (Å²) in [5.41, 5.74) is 3.93. The largest absolute Gasteiger partial charge is 0.508 e. The van der Waals surface area contributed by atoms with Crippen molar-refractivity contribution in [3.05, 3.63) is 83.6 Å². The summed E-state index contributed by atoms with van der Waals surface area (Å²) in [6.07, 6.45) is 5.02. The van der Waals surface area contributed by atoms with Crippen molar-refractivity contribution >= 4 is 22.8 Å². The first kappa shape index (κ1) is 22.3. The number of hydrogen-bond donors (Lipinski definition) is 2. The van der Waals surface area contributed by atoms with E-state index in [2.05, 4.69) is 16.7 Å². The molecule has 0 unspecified atom stereocenters. The SMILES string of the molecule is N#CCCCCCn1c(-c2ccccc2)c(C=C2Oc3cc(O)cc(O)c3C2=O)c2ccccc21. The highest BCUT2D eigenvalue weighted by atomic mass is 16.5. The number of Topliss-reactive ketones (excluding diaryl/α,β-unsaturated/α-hetero) is 1. The zero-order valence-corrected chi connectivity index (χ0v) is 19.1. The molecule has 174 valence electrons. The molecule has 1 aromatic heterocycles. The molecule has 4 aromatic rings. The third kappa shape index (κ3) is 4.13. The van der Waals surface area contributed by atoms with Crippen LogP contribution in [0.3, 0.4) is 0 Å². The molecule has 0 radical (unpaired) electrons. The van der Waals surface area contributed by atoms with E-state index in [0.29, 0.717) is 6.42 Å². The molecule has 35 heavy (non-hydrogen) atoms. The Labute approximate surface area is 202 Å². The molecule has 0 spiro atoms. The third-order valence-electron chi connectivity index (χ3n) is 6.24. The minimum atomic E-state index is -0.426. The smallest absolute Gasteiger partial charge is 0.235 e. The summed E-state index contributed by atoms with van der Waals surface area (Å²) in [5, 5.41) is 29.9. The number of carbonyl (C=O) groups is 1. The molecular formula is C29H24N2O4. The number of nitriles is 1. The number of aromatic nitrogens is 1. The van der Waals surface area contributed by atoms with Gasteiger partial charge < -0.3 is 19.5 Å². The van der Waals surface area contributed by atoms with Gasteiger partial charge in [0.25, 0.3) is 0 Å². The second kappa shape index (κ2) is 9.40. The number of phenolic OH excluding ortho intramolecular Hbond substituents is 2. The number of nitrogens with zero attached hydrogens (tertiary/aromatic N) is 2. The van der Waals surface area contributed by atoms with Crippen molar-refractivity contribution in [1.29, 1.82) is 5.26 Å². The van der Waals surface area contributed by atoms with Crippen molar-refractivity contribution in [2.24, 2.45) is 0 Å². The Morgan fingerprint density at radius 1 is 0.971 bits per heavy atom. The first-order chi connectivity index (χ1) is 17.1. The summed E-state index contributed by atoms with van der Waals surface area (Å²) in [4.78, 5) is 13.1. The Morgan fingerprint density at radius 2 is 1.74 bits per heavy atom. The van der Waals surface area contributed by atoms with Gasteiger partial charge >= 0.3 is 0 Å². The van der Waals surface area contributed by atoms with Gasteiger partial charge in [-0.3, -0.25) is 4.79 Å². The zero-order valence-electron chi connectivity index (χ0n) is 19.1. The highest BCUT2D eigenvalue weighted by Gasteiger charge is 2.32. The molecule has 2 heterocycles. The van der Waals surface area contributed by atoms with Gasteiger partial charge in [0, 0.05) is 41.6 Å². The lowest BCUT2D eigenvalue weighted by atomic mass is 10.0. The maximum atomic E-state index is 13.1. The fourth-order valence-electron chi connectivity index (χ4n) is 4.68. The van der Waals surface area contributed by atoms with Crippen LogP contribution in [0.1, 0.15) is 41.6 Å². The van der Waals surface area contributed by atoms with E-state index in [1.165, 1.54) is 6.07 Å². The van der Waals surface area contributed by atoms with Crippen LogP contribution in [0.25, 0.3) is 28.2 Å². The van der Waals surface area contributed by atoms with Crippen LogP contribution in [0.5, 0.6) is 17.2 Å². The molecule has 0 saturated heterocycles. The molecule has 5 rings (SSSR count). The fraction of sp³-hybridized carbons (Fsp3) is 0.172. The molecule has 0 bridgehead atoms. The number of ether oxygens (including phenoxy) is 1. The van der Waals surface area contributed by atoms with Crippen molar-refractivity contribution in [2.75, 3.05) is 0 Å². The van der Waals surface area contributed by atoms with Gasteiger partial charge in [0.05, 0.1) is 11.8 Å². The van der Waals surface area contributed by atoms with Crippen LogP contribution < -0.4 is 4.74 Å². The first-order valence-electron chi connectivity index (χ1n) is 11.6. The topological polar surface area (TPSA) is 95.5 Å². The van der Waals surface area contributed by atoms with Crippen molar-refractivity contribution in [3.63, 3.8) is 0 Å². The average molecular weight is 465 g/mol. The van der Waals surface area contributed by atoms with Crippen LogP contribution in [-0.2, 0) is 6.54 Å². The van der Waals surface area contributed by atoms with Crippen molar-refractivity contribution < 1.29 is 19.7 Å². The van der Waals surface area contributed by atoms with Gasteiger partial charge in [-0.05, 0) is 30.5 Å². The first-order valence-corrected chi connectivity index (χ1v) is 11.6. The van der Waals surface area contributed by atoms with E-state index >= 15 is 0 Å². The molecule has 1 aliphatic heterocycles. The summed E-state index contributed by atoms with van der Waals surface area (Å²) in [6, 6.07) is 22.7. The van der Waals surface area contributed by atoms with Gasteiger partial charge in [-0.15, -0.1) is 0 Å². The van der Waals surface area contributed by atoms with Gasteiger partial charge in [-0.25, -0.2) is 0 Å². The Bertz CT molecular complexity index is 1490. The number of aryl methyl sites for hydroxylation is 1. The molecule has 0 fully saturated rings. The predicted octanol–water partition coefficient (Wildman–Crippen LogP) is 6.42. The van der Waals surface area contributed by atoms with E-state index < -0.39 is 5.78 Å². The van der Waals surface area contributed by atoms with E-state index in [1.54, 1.807) is 6.08 Å². The van der Waals surface area contributed by atoms with Gasteiger partial charge in [-0.1, -0.05) is 55.0 Å². The molecular weight excluding hydrogens is 440 g/mol. The number of unbranched alkanes of at least 4 members (excludes halogenated alkanes) is 3. The van der Waals surface area contributed by atoms with Crippen molar-refractivity contribution in [3.8, 4) is 34.6 Å². The number of para-hydroxylation sites is 1. The van der Waals surface area contributed by atoms with Gasteiger partial charge in [-0.2, -0.15) is 5.26 Å². The number of benzene rings is 3. The third-order valence-corrected chi connectivity index (χ3v) is 6.24. The van der Waals surface area contributed by atoms with Crippen LogP contribution in [0.4, 0.5) is 0 Å². The average Bonchev–Trinajstić information content (AvgIpc) is 3.34. The van der Waals surface area contributed by atoms with Gasteiger partial charge in [0.2, 0.25) is 5.78 Å².